The molecule has 2 aromatic rings. The van der Waals surface area contributed by atoms with Gasteiger partial charge in [-0.05, 0) is 31.0 Å². The Labute approximate surface area is 191 Å². The molecule has 1 aliphatic rings. The molecule has 0 amide bonds. The molecule has 3 rings (SSSR count). The predicted molar refractivity (Wildman–Crippen MR) is 127 cm³/mol. The highest BCUT2D eigenvalue weighted by molar-refractivity contribution is 14.0. The number of oxazole rings is 1. The van der Waals surface area contributed by atoms with Crippen molar-refractivity contribution in [2.45, 2.75) is 52.0 Å². The number of nitrogens with one attached hydrogen (secondary N) is 1. The smallest absolute Gasteiger partial charge is 0.216 e. The Morgan fingerprint density at radius 1 is 1.31 bits per heavy atom. The number of ether oxygens (including phenoxy) is 1. The summed E-state index contributed by atoms with van der Waals surface area (Å²) in [6.07, 6.45) is 2.93. The molecule has 1 aliphatic heterocycles. The molecule has 1 atom stereocenters. The number of likely N-dealkylation sites (tertiary alicyclic amines) is 1. The lowest BCUT2D eigenvalue weighted by Gasteiger charge is -2.21. The molecule has 1 saturated heterocycles. The molecule has 6 nitrogen and oxygen atoms in total. The first-order chi connectivity index (χ1) is 13.4. The SMILES string of the molecule is CCNC(=NCc1ncc(C(C)(C)C)o1)N1CCC(c2ccc(OC)cc2)C1.I. The van der Waals surface area contributed by atoms with E-state index >= 15 is 0 Å². The molecule has 1 N–H and O–H groups in total. The standard InChI is InChI=1S/C22H32N4O2.HI/c1-6-23-21(25-14-20-24-13-19(28-20)22(2,3)4)26-12-11-17(15-26)16-7-9-18(27-5)10-8-16;/h7-10,13,17H,6,11-12,14-15H2,1-5H3,(H,23,25);1H. The summed E-state index contributed by atoms with van der Waals surface area (Å²) in [5, 5.41) is 3.41. The van der Waals surface area contributed by atoms with E-state index in [4.69, 9.17) is 14.1 Å². The number of methoxy groups -OCH3 is 1. The zero-order valence-corrected chi connectivity index (χ0v) is 20.4. The van der Waals surface area contributed by atoms with Gasteiger partial charge in [0.05, 0.1) is 13.3 Å². The molecule has 0 saturated carbocycles. The number of aliphatic imine (C=N–C) groups is 1. The van der Waals surface area contributed by atoms with Gasteiger partial charge in [-0.1, -0.05) is 32.9 Å². The summed E-state index contributed by atoms with van der Waals surface area (Å²) in [5.74, 6) is 3.88. The second kappa shape index (κ2) is 10.3. The first-order valence-electron chi connectivity index (χ1n) is 10.0. The van der Waals surface area contributed by atoms with Gasteiger partial charge in [0.2, 0.25) is 5.89 Å². The van der Waals surface area contributed by atoms with E-state index in [1.165, 1.54) is 5.56 Å². The number of hydrogen-bond donors (Lipinski definition) is 1. The van der Waals surface area contributed by atoms with Crippen LogP contribution in [0.1, 0.15) is 57.2 Å². The molecule has 2 heterocycles. The molecule has 29 heavy (non-hydrogen) atoms. The second-order valence-corrected chi connectivity index (χ2v) is 8.24. The fraction of sp³-hybridized carbons (Fsp3) is 0.545. The Balaban J connectivity index is 0.00000300. The van der Waals surface area contributed by atoms with Gasteiger partial charge < -0.3 is 19.4 Å². The van der Waals surface area contributed by atoms with Gasteiger partial charge >= 0.3 is 0 Å². The molecule has 0 bridgehead atoms. The van der Waals surface area contributed by atoms with Gasteiger partial charge in [0, 0.05) is 31.0 Å². The van der Waals surface area contributed by atoms with Crippen LogP contribution < -0.4 is 10.1 Å². The van der Waals surface area contributed by atoms with Crippen LogP contribution in [0.4, 0.5) is 0 Å². The number of guanidine groups is 1. The minimum Gasteiger partial charge on any atom is -0.497 e. The van der Waals surface area contributed by atoms with E-state index in [1.54, 1.807) is 7.11 Å². The van der Waals surface area contributed by atoms with E-state index in [1.807, 2.05) is 18.3 Å². The van der Waals surface area contributed by atoms with Gasteiger partial charge in [0.25, 0.3) is 0 Å². The van der Waals surface area contributed by atoms with Gasteiger partial charge in [0.1, 0.15) is 18.1 Å². The van der Waals surface area contributed by atoms with E-state index in [0.29, 0.717) is 18.4 Å². The van der Waals surface area contributed by atoms with Crippen molar-refractivity contribution in [3.63, 3.8) is 0 Å². The van der Waals surface area contributed by atoms with Gasteiger partial charge in [-0.15, -0.1) is 24.0 Å². The summed E-state index contributed by atoms with van der Waals surface area (Å²) in [6, 6.07) is 8.40. The molecule has 7 heteroatoms. The van der Waals surface area contributed by atoms with E-state index in [-0.39, 0.29) is 29.4 Å². The lowest BCUT2D eigenvalue weighted by Crippen LogP contribution is -2.40. The van der Waals surface area contributed by atoms with Crippen LogP contribution in [0.3, 0.4) is 0 Å². The van der Waals surface area contributed by atoms with Crippen LogP contribution in [-0.2, 0) is 12.0 Å². The maximum Gasteiger partial charge on any atom is 0.216 e. The first-order valence-corrected chi connectivity index (χ1v) is 10.0. The lowest BCUT2D eigenvalue weighted by molar-refractivity contribution is 0.382. The Morgan fingerprint density at radius 2 is 2.03 bits per heavy atom. The van der Waals surface area contributed by atoms with Crippen LogP contribution in [0.25, 0.3) is 0 Å². The summed E-state index contributed by atoms with van der Waals surface area (Å²) >= 11 is 0. The Bertz CT molecular complexity index is 796. The Kier molecular flexibility index (Phi) is 8.36. The van der Waals surface area contributed by atoms with Gasteiger partial charge in [-0.25, -0.2) is 9.98 Å². The van der Waals surface area contributed by atoms with Crippen LogP contribution in [0.15, 0.2) is 39.9 Å². The van der Waals surface area contributed by atoms with Gasteiger partial charge in [-0.3, -0.25) is 0 Å². The highest BCUT2D eigenvalue weighted by atomic mass is 127. The first kappa shape index (κ1) is 23.5. The van der Waals surface area contributed by atoms with Crippen LogP contribution in [0.2, 0.25) is 0 Å². The highest BCUT2D eigenvalue weighted by Gasteiger charge is 2.26. The number of rotatable bonds is 5. The zero-order valence-electron chi connectivity index (χ0n) is 18.1. The minimum absolute atomic E-state index is 0. The third-order valence-electron chi connectivity index (χ3n) is 5.07. The quantitative estimate of drug-likeness (QED) is 0.362. The third kappa shape index (κ3) is 6.10. The summed E-state index contributed by atoms with van der Waals surface area (Å²) in [4.78, 5) is 11.5. The molecule has 1 fully saturated rings. The maximum absolute atomic E-state index is 5.88. The number of halogens is 1. The topological polar surface area (TPSA) is 62.9 Å². The van der Waals surface area contributed by atoms with Crippen LogP contribution in [-0.4, -0.2) is 42.6 Å². The zero-order chi connectivity index (χ0) is 20.1. The van der Waals surface area contributed by atoms with Crippen molar-refractivity contribution in [1.29, 1.82) is 0 Å². The molecular weight excluding hydrogens is 479 g/mol. The third-order valence-corrected chi connectivity index (χ3v) is 5.07. The van der Waals surface area contributed by atoms with E-state index < -0.39 is 0 Å². The normalized spacial score (nSPS) is 17.2. The predicted octanol–water partition coefficient (Wildman–Crippen LogP) is 4.55. The van der Waals surface area contributed by atoms with Crippen molar-refractivity contribution in [2.75, 3.05) is 26.7 Å². The lowest BCUT2D eigenvalue weighted by atomic mass is 9.94. The Morgan fingerprint density at radius 3 is 2.62 bits per heavy atom. The fourth-order valence-electron chi connectivity index (χ4n) is 3.40. The molecule has 160 valence electrons. The summed E-state index contributed by atoms with van der Waals surface area (Å²) < 4.78 is 11.1. The molecule has 1 aromatic heterocycles. The average Bonchev–Trinajstić information content (AvgIpc) is 3.35. The van der Waals surface area contributed by atoms with Crippen molar-refractivity contribution >= 4 is 29.9 Å². The number of benzene rings is 1. The number of aromatic nitrogens is 1. The van der Waals surface area contributed by atoms with Crippen molar-refractivity contribution in [1.82, 2.24) is 15.2 Å². The summed E-state index contributed by atoms with van der Waals surface area (Å²) in [6.45, 7) is 11.7. The van der Waals surface area contributed by atoms with Crippen LogP contribution >= 0.6 is 24.0 Å². The van der Waals surface area contributed by atoms with Crippen molar-refractivity contribution in [2.24, 2.45) is 4.99 Å². The highest BCUT2D eigenvalue weighted by Crippen LogP contribution is 2.28. The van der Waals surface area contributed by atoms with Crippen LogP contribution in [0.5, 0.6) is 5.75 Å². The Hall–Kier alpha value is -1.77. The molecule has 0 radical (unpaired) electrons. The fourth-order valence-corrected chi connectivity index (χ4v) is 3.40. The maximum atomic E-state index is 5.88. The number of nitrogens with zero attached hydrogens (tertiary/aromatic N) is 3. The van der Waals surface area contributed by atoms with E-state index in [0.717, 1.165) is 43.5 Å². The molecule has 1 aromatic carbocycles. The minimum atomic E-state index is -0.0417. The summed E-state index contributed by atoms with van der Waals surface area (Å²) in [5.41, 5.74) is 1.31. The van der Waals surface area contributed by atoms with Crippen LogP contribution in [0, 0.1) is 0 Å². The molecule has 0 spiro atoms. The van der Waals surface area contributed by atoms with Crippen molar-refractivity contribution in [3.8, 4) is 5.75 Å². The average molecular weight is 512 g/mol. The molecule has 0 aliphatic carbocycles. The van der Waals surface area contributed by atoms with Crippen molar-refractivity contribution in [3.05, 3.63) is 47.7 Å². The molecule has 1 unspecified atom stereocenters. The largest absolute Gasteiger partial charge is 0.497 e. The van der Waals surface area contributed by atoms with Gasteiger partial charge in [0.15, 0.2) is 5.96 Å². The van der Waals surface area contributed by atoms with Gasteiger partial charge in [-0.2, -0.15) is 0 Å². The summed E-state index contributed by atoms with van der Waals surface area (Å²) in [7, 11) is 1.70. The van der Waals surface area contributed by atoms with Crippen molar-refractivity contribution < 1.29 is 9.15 Å². The second-order valence-electron chi connectivity index (χ2n) is 8.24. The van der Waals surface area contributed by atoms with E-state index in [9.17, 15) is 0 Å². The molecular formula is C22H33IN4O2. The van der Waals surface area contributed by atoms with E-state index in [2.05, 4.69) is 55.0 Å². The number of hydrogen-bond acceptors (Lipinski definition) is 4. The monoisotopic (exact) mass is 512 g/mol.